The number of ether oxygens (including phenoxy) is 1. The predicted octanol–water partition coefficient (Wildman–Crippen LogP) is 4.98. The van der Waals surface area contributed by atoms with Crippen LogP contribution >= 0.6 is 31.9 Å². The zero-order chi connectivity index (χ0) is 13.4. The van der Waals surface area contributed by atoms with Gasteiger partial charge in [0.15, 0.2) is 0 Å². The molecule has 0 N–H and O–H groups in total. The van der Waals surface area contributed by atoms with Gasteiger partial charge in [-0.1, -0.05) is 6.07 Å². The summed E-state index contributed by atoms with van der Waals surface area (Å²) in [5, 5.41) is 0. The maximum Gasteiger partial charge on any atom is 0.223 e. The van der Waals surface area contributed by atoms with Crippen LogP contribution in [0.25, 0.3) is 0 Å². The van der Waals surface area contributed by atoms with Crippen LogP contribution in [-0.4, -0.2) is 9.97 Å². The summed E-state index contributed by atoms with van der Waals surface area (Å²) in [4.78, 5) is 8.86. The molecule has 0 atom stereocenters. The van der Waals surface area contributed by atoms with E-state index in [4.69, 9.17) is 4.74 Å². The monoisotopic (exact) mass is 382 g/mol. The van der Waals surface area contributed by atoms with E-state index in [1.807, 2.05) is 25.1 Å². The molecule has 0 amide bonds. The van der Waals surface area contributed by atoms with E-state index in [0.717, 1.165) is 20.6 Å². The van der Waals surface area contributed by atoms with Gasteiger partial charge in [0, 0.05) is 12.0 Å². The van der Waals surface area contributed by atoms with Crippen molar-refractivity contribution in [1.82, 2.24) is 9.97 Å². The zero-order valence-corrected chi connectivity index (χ0v) is 13.5. The number of aryl methyl sites for hydroxylation is 1. The Hall–Kier alpha value is -0.940. The van der Waals surface area contributed by atoms with Crippen LogP contribution < -0.4 is 4.74 Å². The zero-order valence-electron chi connectivity index (χ0n) is 10.4. The number of hydrogen-bond donors (Lipinski definition) is 0. The first-order chi connectivity index (χ1) is 9.11. The Kier molecular flexibility index (Phi) is 3.58. The second kappa shape index (κ2) is 5.21. The lowest BCUT2D eigenvalue weighted by molar-refractivity contribution is 0.455. The van der Waals surface area contributed by atoms with Crippen LogP contribution in [0.4, 0.5) is 0 Å². The summed E-state index contributed by atoms with van der Waals surface area (Å²) in [5.41, 5.74) is 1.18. The van der Waals surface area contributed by atoms with E-state index in [2.05, 4.69) is 41.8 Å². The second-order valence-electron chi connectivity index (χ2n) is 4.70. The fraction of sp³-hybridized carbons (Fsp3) is 0.286. The van der Waals surface area contributed by atoms with Crippen molar-refractivity contribution in [3.05, 3.63) is 44.7 Å². The average Bonchev–Trinajstić information content (AvgIpc) is 3.16. The van der Waals surface area contributed by atoms with Gasteiger partial charge < -0.3 is 4.74 Å². The fourth-order valence-corrected chi connectivity index (χ4v) is 2.74. The summed E-state index contributed by atoms with van der Waals surface area (Å²) in [6.07, 6.45) is 2.34. The Morgan fingerprint density at radius 3 is 2.63 bits per heavy atom. The highest BCUT2D eigenvalue weighted by atomic mass is 79.9. The predicted molar refractivity (Wildman–Crippen MR) is 80.7 cm³/mol. The molecule has 1 aromatic heterocycles. The largest absolute Gasteiger partial charge is 0.438 e. The highest BCUT2D eigenvalue weighted by molar-refractivity contribution is 9.10. The van der Waals surface area contributed by atoms with E-state index in [1.54, 1.807) is 6.07 Å². The van der Waals surface area contributed by atoms with Crippen molar-refractivity contribution in [2.75, 3.05) is 0 Å². The molecular formula is C14H12Br2N2O. The molecule has 0 unspecified atom stereocenters. The number of rotatable bonds is 3. The van der Waals surface area contributed by atoms with Gasteiger partial charge >= 0.3 is 0 Å². The summed E-state index contributed by atoms with van der Waals surface area (Å²) in [5.74, 6) is 2.71. The molecular weight excluding hydrogens is 372 g/mol. The van der Waals surface area contributed by atoms with E-state index >= 15 is 0 Å². The Labute approximate surface area is 128 Å². The number of halogens is 2. The molecule has 0 spiro atoms. The van der Waals surface area contributed by atoms with E-state index in [-0.39, 0.29) is 0 Å². The highest BCUT2D eigenvalue weighted by Gasteiger charge is 2.27. The molecule has 1 aliphatic carbocycles. The number of benzene rings is 1. The van der Waals surface area contributed by atoms with Crippen LogP contribution in [-0.2, 0) is 0 Å². The van der Waals surface area contributed by atoms with Crippen molar-refractivity contribution < 1.29 is 4.74 Å². The molecule has 1 saturated carbocycles. The number of aromatic nitrogens is 2. The lowest BCUT2D eigenvalue weighted by atomic mass is 10.2. The van der Waals surface area contributed by atoms with Gasteiger partial charge in [0.1, 0.15) is 16.2 Å². The van der Waals surface area contributed by atoms with Crippen molar-refractivity contribution in [3.63, 3.8) is 0 Å². The average molecular weight is 384 g/mol. The lowest BCUT2D eigenvalue weighted by Crippen LogP contribution is -1.97. The third kappa shape index (κ3) is 3.15. The van der Waals surface area contributed by atoms with Crippen LogP contribution in [0.3, 0.4) is 0 Å². The third-order valence-corrected chi connectivity index (χ3v) is 3.96. The van der Waals surface area contributed by atoms with E-state index in [1.165, 1.54) is 18.4 Å². The van der Waals surface area contributed by atoms with Crippen molar-refractivity contribution >= 4 is 31.9 Å². The minimum absolute atomic E-state index is 0.501. The van der Waals surface area contributed by atoms with Crippen molar-refractivity contribution in [3.8, 4) is 11.6 Å². The first-order valence-electron chi connectivity index (χ1n) is 6.10. The van der Waals surface area contributed by atoms with E-state index < -0.39 is 0 Å². The molecule has 0 saturated heterocycles. The minimum Gasteiger partial charge on any atom is -0.438 e. The topological polar surface area (TPSA) is 35.0 Å². The Bertz CT molecular complexity index is 627. The van der Waals surface area contributed by atoms with Crippen molar-refractivity contribution in [2.24, 2.45) is 0 Å². The van der Waals surface area contributed by atoms with Gasteiger partial charge in [-0.3, -0.25) is 0 Å². The molecule has 19 heavy (non-hydrogen) atoms. The van der Waals surface area contributed by atoms with Gasteiger partial charge in [-0.25, -0.2) is 4.98 Å². The molecule has 0 aliphatic heterocycles. The van der Waals surface area contributed by atoms with E-state index in [0.29, 0.717) is 11.8 Å². The molecule has 1 aromatic carbocycles. The van der Waals surface area contributed by atoms with E-state index in [9.17, 15) is 0 Å². The van der Waals surface area contributed by atoms with Crippen molar-refractivity contribution in [2.45, 2.75) is 25.7 Å². The quantitative estimate of drug-likeness (QED) is 0.701. The normalized spacial score (nSPS) is 14.5. The van der Waals surface area contributed by atoms with Gasteiger partial charge in [0.25, 0.3) is 0 Å². The smallest absolute Gasteiger partial charge is 0.223 e. The van der Waals surface area contributed by atoms with Crippen LogP contribution in [0, 0.1) is 6.92 Å². The van der Waals surface area contributed by atoms with Crippen LogP contribution in [0.2, 0.25) is 0 Å². The standard InChI is InChI=1S/C14H12Br2N2O/c1-8-2-5-11(10(15)6-8)19-13-7-12(16)17-14(18-13)9-3-4-9/h2,5-7,9H,3-4H2,1H3. The molecule has 1 aliphatic rings. The summed E-state index contributed by atoms with van der Waals surface area (Å²) < 4.78 is 7.53. The van der Waals surface area contributed by atoms with Gasteiger partial charge in [-0.05, 0) is 69.3 Å². The molecule has 2 aromatic rings. The maximum atomic E-state index is 5.84. The molecule has 5 heteroatoms. The first kappa shape index (κ1) is 13.1. The Morgan fingerprint density at radius 1 is 1.16 bits per heavy atom. The fourth-order valence-electron chi connectivity index (χ4n) is 1.79. The minimum atomic E-state index is 0.501. The Balaban J connectivity index is 1.89. The SMILES string of the molecule is Cc1ccc(Oc2cc(Br)nc(C3CC3)n2)c(Br)c1. The molecule has 1 fully saturated rings. The van der Waals surface area contributed by atoms with Crippen LogP contribution in [0.1, 0.15) is 30.1 Å². The number of hydrogen-bond acceptors (Lipinski definition) is 3. The number of nitrogens with zero attached hydrogens (tertiary/aromatic N) is 2. The second-order valence-corrected chi connectivity index (χ2v) is 6.36. The molecule has 3 nitrogen and oxygen atoms in total. The van der Waals surface area contributed by atoms with Gasteiger partial charge in [0.2, 0.25) is 5.88 Å². The van der Waals surface area contributed by atoms with Crippen LogP contribution in [0.15, 0.2) is 33.3 Å². The van der Waals surface area contributed by atoms with Gasteiger partial charge in [-0.15, -0.1) is 0 Å². The summed E-state index contributed by atoms with van der Waals surface area (Å²) in [6, 6.07) is 7.76. The van der Waals surface area contributed by atoms with Crippen molar-refractivity contribution in [1.29, 1.82) is 0 Å². The molecule has 0 bridgehead atoms. The van der Waals surface area contributed by atoms with Gasteiger partial charge in [-0.2, -0.15) is 4.98 Å². The highest BCUT2D eigenvalue weighted by Crippen LogP contribution is 2.39. The molecule has 3 rings (SSSR count). The summed E-state index contributed by atoms with van der Waals surface area (Å²) >= 11 is 6.91. The van der Waals surface area contributed by atoms with Crippen LogP contribution in [0.5, 0.6) is 11.6 Å². The summed E-state index contributed by atoms with van der Waals surface area (Å²) in [7, 11) is 0. The molecule has 0 radical (unpaired) electrons. The third-order valence-electron chi connectivity index (χ3n) is 2.93. The van der Waals surface area contributed by atoms with Gasteiger partial charge in [0.05, 0.1) is 4.47 Å². The summed E-state index contributed by atoms with van der Waals surface area (Å²) in [6.45, 7) is 2.04. The lowest BCUT2D eigenvalue weighted by Gasteiger charge is -2.09. The first-order valence-corrected chi connectivity index (χ1v) is 7.69. The maximum absolute atomic E-state index is 5.84. The molecule has 98 valence electrons. The molecule has 1 heterocycles. The Morgan fingerprint density at radius 2 is 1.95 bits per heavy atom.